The summed E-state index contributed by atoms with van der Waals surface area (Å²) in [4.78, 5) is 27.5. The normalized spacial score (nSPS) is 18.9. The van der Waals surface area contributed by atoms with Crippen molar-refractivity contribution in [2.45, 2.75) is 58.1 Å². The maximum absolute atomic E-state index is 14.7. The van der Waals surface area contributed by atoms with E-state index in [0.717, 1.165) is 11.6 Å². The second-order valence-corrected chi connectivity index (χ2v) is 9.04. The molecule has 1 aliphatic heterocycles. The Kier molecular flexibility index (Phi) is 7.01. The van der Waals surface area contributed by atoms with Gasteiger partial charge in [0, 0.05) is 30.8 Å². The number of carbonyl (C=O) groups is 1. The standard InChI is InChI=1S/C23H31FN8O3/c1-6-19(34)26-18-11-30(10-16(18)24)23-27-17(20-21(28-23)32(12-25-20)13(2)3)7-15-9-31(8-14(4)33)29-22(15)35-5/h6,9,12-14,16,18,33H,1,7-8,10-11H2,2-5H3,(H,26,34)/t14?,16-,18-/m1/s1. The Bertz CT molecular complexity index is 1220. The van der Waals surface area contributed by atoms with Crippen LogP contribution in [-0.4, -0.2) is 78.8 Å². The van der Waals surface area contributed by atoms with E-state index in [1.807, 2.05) is 24.6 Å². The van der Waals surface area contributed by atoms with E-state index >= 15 is 0 Å². The monoisotopic (exact) mass is 486 g/mol. The van der Waals surface area contributed by atoms with Gasteiger partial charge in [-0.25, -0.2) is 14.4 Å². The van der Waals surface area contributed by atoms with Gasteiger partial charge in [-0.15, -0.1) is 5.10 Å². The van der Waals surface area contributed by atoms with Gasteiger partial charge < -0.3 is 24.6 Å². The molecular weight excluding hydrogens is 455 g/mol. The van der Waals surface area contributed by atoms with Crippen LogP contribution in [0.2, 0.25) is 0 Å². The van der Waals surface area contributed by atoms with Crippen molar-refractivity contribution < 1.29 is 19.0 Å². The molecule has 11 nitrogen and oxygen atoms in total. The van der Waals surface area contributed by atoms with Crippen LogP contribution in [0, 0.1) is 0 Å². The number of hydrogen-bond donors (Lipinski definition) is 2. The van der Waals surface area contributed by atoms with Gasteiger partial charge in [0.25, 0.3) is 0 Å². The molecule has 1 saturated heterocycles. The molecular formula is C23H31FN8O3. The fourth-order valence-electron chi connectivity index (χ4n) is 4.19. The molecule has 0 radical (unpaired) electrons. The second-order valence-electron chi connectivity index (χ2n) is 9.04. The van der Waals surface area contributed by atoms with Crippen LogP contribution in [0.3, 0.4) is 0 Å². The summed E-state index contributed by atoms with van der Waals surface area (Å²) in [6.07, 6.45) is 3.18. The Balaban J connectivity index is 1.72. The summed E-state index contributed by atoms with van der Waals surface area (Å²) in [5, 5.41) is 16.8. The lowest BCUT2D eigenvalue weighted by atomic mass is 10.1. The molecule has 0 bridgehead atoms. The van der Waals surface area contributed by atoms with Gasteiger partial charge in [0.15, 0.2) is 5.65 Å². The Morgan fingerprint density at radius 3 is 2.80 bits per heavy atom. The lowest BCUT2D eigenvalue weighted by molar-refractivity contribution is -0.117. The van der Waals surface area contributed by atoms with Crippen molar-refractivity contribution in [2.24, 2.45) is 0 Å². The summed E-state index contributed by atoms with van der Waals surface area (Å²) in [5.74, 6) is 0.374. The quantitative estimate of drug-likeness (QED) is 0.435. The molecule has 0 aliphatic carbocycles. The van der Waals surface area contributed by atoms with Crippen LogP contribution in [-0.2, 0) is 17.8 Å². The van der Waals surface area contributed by atoms with Crippen molar-refractivity contribution in [3.63, 3.8) is 0 Å². The summed E-state index contributed by atoms with van der Waals surface area (Å²) < 4.78 is 23.7. The topological polar surface area (TPSA) is 123 Å². The highest BCUT2D eigenvalue weighted by Gasteiger charge is 2.35. The lowest BCUT2D eigenvalue weighted by Gasteiger charge is -2.18. The number of amides is 1. The predicted octanol–water partition coefficient (Wildman–Crippen LogP) is 1.41. The number of aliphatic hydroxyl groups is 1. The van der Waals surface area contributed by atoms with Gasteiger partial charge in [-0.2, -0.15) is 4.98 Å². The van der Waals surface area contributed by atoms with Crippen LogP contribution in [0.1, 0.15) is 38.1 Å². The average molecular weight is 487 g/mol. The molecule has 1 unspecified atom stereocenters. The van der Waals surface area contributed by atoms with E-state index in [0.29, 0.717) is 41.7 Å². The number of fused-ring (bicyclic) bond motifs is 1. The molecule has 3 aromatic rings. The number of alkyl halides is 1. The Morgan fingerprint density at radius 1 is 1.37 bits per heavy atom. The molecule has 0 aromatic carbocycles. The number of hydrogen-bond acceptors (Lipinski definition) is 8. The van der Waals surface area contributed by atoms with E-state index in [2.05, 4.69) is 22.0 Å². The third-order valence-electron chi connectivity index (χ3n) is 5.88. The maximum atomic E-state index is 14.7. The summed E-state index contributed by atoms with van der Waals surface area (Å²) in [6, 6.07) is -0.580. The highest BCUT2D eigenvalue weighted by Crippen LogP contribution is 2.28. The van der Waals surface area contributed by atoms with Gasteiger partial charge in [-0.05, 0) is 26.8 Å². The maximum Gasteiger partial charge on any atom is 0.243 e. The number of halogens is 1. The van der Waals surface area contributed by atoms with Crippen LogP contribution >= 0.6 is 0 Å². The van der Waals surface area contributed by atoms with Crippen LogP contribution < -0.4 is 15.0 Å². The van der Waals surface area contributed by atoms with Crippen molar-refractivity contribution in [1.82, 2.24) is 34.6 Å². The molecule has 1 aliphatic rings. The number of anilines is 1. The van der Waals surface area contributed by atoms with Crippen molar-refractivity contribution in [3.05, 3.63) is 36.4 Å². The van der Waals surface area contributed by atoms with Crippen LogP contribution in [0.15, 0.2) is 25.2 Å². The number of ether oxygens (including phenoxy) is 1. The second kappa shape index (κ2) is 9.98. The van der Waals surface area contributed by atoms with E-state index in [9.17, 15) is 14.3 Å². The number of aromatic nitrogens is 6. The van der Waals surface area contributed by atoms with Gasteiger partial charge in [0.2, 0.25) is 17.7 Å². The lowest BCUT2D eigenvalue weighted by Crippen LogP contribution is -2.40. The summed E-state index contributed by atoms with van der Waals surface area (Å²) in [7, 11) is 1.54. The molecule has 35 heavy (non-hydrogen) atoms. The first-order valence-corrected chi connectivity index (χ1v) is 11.5. The zero-order valence-corrected chi connectivity index (χ0v) is 20.3. The minimum atomic E-state index is -1.27. The van der Waals surface area contributed by atoms with Crippen molar-refractivity contribution in [3.8, 4) is 5.88 Å². The number of methoxy groups -OCH3 is 1. The van der Waals surface area contributed by atoms with E-state index < -0.39 is 24.2 Å². The molecule has 4 rings (SSSR count). The number of carbonyl (C=O) groups excluding carboxylic acids is 1. The third kappa shape index (κ3) is 5.11. The number of imidazole rings is 1. The van der Waals surface area contributed by atoms with Gasteiger partial charge >= 0.3 is 0 Å². The molecule has 3 aromatic heterocycles. The zero-order valence-electron chi connectivity index (χ0n) is 20.3. The van der Waals surface area contributed by atoms with Gasteiger partial charge in [-0.1, -0.05) is 6.58 Å². The van der Waals surface area contributed by atoms with E-state index in [1.54, 1.807) is 22.8 Å². The first-order valence-electron chi connectivity index (χ1n) is 11.5. The summed E-state index contributed by atoms with van der Waals surface area (Å²) in [5.41, 5.74) is 2.71. The van der Waals surface area contributed by atoms with Gasteiger partial charge in [0.05, 0.1) is 44.4 Å². The zero-order chi connectivity index (χ0) is 25.3. The third-order valence-corrected chi connectivity index (χ3v) is 5.88. The summed E-state index contributed by atoms with van der Waals surface area (Å²) >= 11 is 0. The van der Waals surface area contributed by atoms with E-state index in [-0.39, 0.29) is 19.1 Å². The minimum absolute atomic E-state index is 0.0541. The van der Waals surface area contributed by atoms with Crippen LogP contribution in [0.4, 0.5) is 10.3 Å². The fraction of sp³-hybridized carbons (Fsp3) is 0.522. The first-order chi connectivity index (χ1) is 16.7. The highest BCUT2D eigenvalue weighted by atomic mass is 19.1. The fourth-order valence-corrected chi connectivity index (χ4v) is 4.19. The number of aliphatic hydroxyl groups excluding tert-OH is 1. The molecule has 3 atom stereocenters. The molecule has 1 fully saturated rings. The Labute approximate surface area is 202 Å². The molecule has 188 valence electrons. The molecule has 2 N–H and O–H groups in total. The largest absolute Gasteiger partial charge is 0.480 e. The summed E-state index contributed by atoms with van der Waals surface area (Å²) in [6.45, 7) is 9.78. The van der Waals surface area contributed by atoms with Crippen molar-refractivity contribution >= 4 is 23.0 Å². The van der Waals surface area contributed by atoms with Crippen LogP contribution in [0.25, 0.3) is 11.2 Å². The Hall–Kier alpha value is -3.54. The minimum Gasteiger partial charge on any atom is -0.480 e. The van der Waals surface area contributed by atoms with Gasteiger partial charge in [0.1, 0.15) is 11.7 Å². The van der Waals surface area contributed by atoms with Crippen molar-refractivity contribution in [1.29, 1.82) is 0 Å². The number of rotatable bonds is 9. The molecule has 12 heteroatoms. The molecule has 0 spiro atoms. The number of nitrogens with one attached hydrogen (secondary N) is 1. The SMILES string of the molecule is C=CC(=O)N[C@@H]1CN(c2nc(Cc3cn(CC(C)O)nc3OC)c3ncn(C(C)C)c3n2)C[C@H]1F. The van der Waals surface area contributed by atoms with Crippen molar-refractivity contribution in [2.75, 3.05) is 25.1 Å². The highest BCUT2D eigenvalue weighted by molar-refractivity contribution is 5.87. The van der Waals surface area contributed by atoms with E-state index in [1.165, 1.54) is 7.11 Å². The molecule has 0 saturated carbocycles. The van der Waals surface area contributed by atoms with Crippen LogP contribution in [0.5, 0.6) is 5.88 Å². The smallest absolute Gasteiger partial charge is 0.243 e. The first kappa shape index (κ1) is 24.6. The number of nitrogens with zero attached hydrogens (tertiary/aromatic N) is 7. The molecule has 1 amide bonds. The molecule has 4 heterocycles. The van der Waals surface area contributed by atoms with Gasteiger partial charge in [-0.3, -0.25) is 9.48 Å². The Morgan fingerprint density at radius 2 is 2.14 bits per heavy atom. The average Bonchev–Trinajstić information content (AvgIpc) is 3.50. The predicted molar refractivity (Wildman–Crippen MR) is 128 cm³/mol. The van der Waals surface area contributed by atoms with E-state index in [4.69, 9.17) is 14.7 Å².